The summed E-state index contributed by atoms with van der Waals surface area (Å²) in [6.45, 7) is 2.39. The Labute approximate surface area is 97.4 Å². The van der Waals surface area contributed by atoms with Crippen LogP contribution in [0, 0.1) is 6.92 Å². The maximum atomic E-state index is 5.51. The van der Waals surface area contributed by atoms with Crippen LogP contribution in [0.25, 0.3) is 11.1 Å². The number of oxazole rings is 1. The lowest BCUT2D eigenvalue weighted by Gasteiger charge is -1.95. The number of nitrogens with zero attached hydrogens (tertiary/aromatic N) is 2. The zero-order chi connectivity index (χ0) is 11.7. The summed E-state index contributed by atoms with van der Waals surface area (Å²) in [6, 6.07) is 9.98. The average Bonchev–Trinajstić information content (AvgIpc) is 2.91. The lowest BCUT2D eigenvalue weighted by Crippen LogP contribution is -1.97. The Morgan fingerprint density at radius 1 is 1.29 bits per heavy atom. The molecule has 3 rings (SSSR count). The number of rotatable bonds is 3. The fraction of sp³-hybridized carbons (Fsp3) is 0.167. The standard InChI is InChI=1S/C12H11N3O2/c1-8-6-9(17-15-8)7-13-12-14-10-4-2-3-5-11(10)16-12/h2-6H,7H2,1H3,(H,13,14). The second kappa shape index (κ2) is 3.93. The molecule has 0 amide bonds. The molecule has 1 aromatic carbocycles. The number of fused-ring (bicyclic) bond motifs is 1. The zero-order valence-corrected chi connectivity index (χ0v) is 9.30. The van der Waals surface area contributed by atoms with E-state index in [4.69, 9.17) is 8.94 Å². The molecule has 0 bridgehead atoms. The molecule has 0 fully saturated rings. The molecule has 1 N–H and O–H groups in total. The van der Waals surface area contributed by atoms with Gasteiger partial charge in [0.15, 0.2) is 11.3 Å². The van der Waals surface area contributed by atoms with Crippen LogP contribution in [0.5, 0.6) is 0 Å². The predicted octanol–water partition coefficient (Wildman–Crippen LogP) is 2.74. The van der Waals surface area contributed by atoms with Gasteiger partial charge >= 0.3 is 0 Å². The summed E-state index contributed by atoms with van der Waals surface area (Å²) in [5.41, 5.74) is 2.46. The predicted molar refractivity (Wildman–Crippen MR) is 62.6 cm³/mol. The fourth-order valence-electron chi connectivity index (χ4n) is 1.61. The number of hydrogen-bond acceptors (Lipinski definition) is 5. The molecule has 0 saturated heterocycles. The monoisotopic (exact) mass is 229 g/mol. The van der Waals surface area contributed by atoms with Gasteiger partial charge in [-0.3, -0.25) is 0 Å². The first kappa shape index (κ1) is 9.89. The number of para-hydroxylation sites is 2. The van der Waals surface area contributed by atoms with Crippen LogP contribution in [-0.2, 0) is 6.54 Å². The summed E-state index contributed by atoms with van der Waals surface area (Å²) in [7, 11) is 0. The Morgan fingerprint density at radius 3 is 2.94 bits per heavy atom. The van der Waals surface area contributed by atoms with E-state index in [1.165, 1.54) is 0 Å². The van der Waals surface area contributed by atoms with Crippen molar-refractivity contribution in [2.24, 2.45) is 0 Å². The van der Waals surface area contributed by atoms with E-state index in [0.29, 0.717) is 12.6 Å². The highest BCUT2D eigenvalue weighted by Crippen LogP contribution is 2.18. The molecule has 0 aliphatic heterocycles. The smallest absolute Gasteiger partial charge is 0.296 e. The van der Waals surface area contributed by atoms with Gasteiger partial charge in [0, 0.05) is 6.07 Å². The van der Waals surface area contributed by atoms with E-state index in [2.05, 4.69) is 15.5 Å². The van der Waals surface area contributed by atoms with Crippen LogP contribution in [0.2, 0.25) is 0 Å². The Hall–Kier alpha value is -2.30. The molecule has 3 aromatic rings. The molecule has 0 spiro atoms. The van der Waals surface area contributed by atoms with E-state index < -0.39 is 0 Å². The molecule has 0 aliphatic carbocycles. The van der Waals surface area contributed by atoms with Gasteiger partial charge < -0.3 is 14.3 Å². The van der Waals surface area contributed by atoms with Crippen LogP contribution < -0.4 is 5.32 Å². The molecular weight excluding hydrogens is 218 g/mol. The van der Waals surface area contributed by atoms with Crippen molar-refractivity contribution in [3.8, 4) is 0 Å². The summed E-state index contributed by atoms with van der Waals surface area (Å²) in [4.78, 5) is 4.29. The van der Waals surface area contributed by atoms with Crippen molar-refractivity contribution in [2.45, 2.75) is 13.5 Å². The third kappa shape index (κ3) is 1.99. The molecule has 0 atom stereocenters. The Kier molecular flexibility index (Phi) is 2.29. The van der Waals surface area contributed by atoms with Gasteiger partial charge in [-0.1, -0.05) is 17.3 Å². The van der Waals surface area contributed by atoms with Crippen LogP contribution in [0.4, 0.5) is 6.01 Å². The first-order valence-corrected chi connectivity index (χ1v) is 5.33. The van der Waals surface area contributed by atoms with Crippen LogP contribution in [0.1, 0.15) is 11.5 Å². The first-order valence-electron chi connectivity index (χ1n) is 5.33. The second-order valence-electron chi connectivity index (χ2n) is 3.77. The van der Waals surface area contributed by atoms with Gasteiger partial charge in [-0.15, -0.1) is 0 Å². The Morgan fingerprint density at radius 2 is 2.18 bits per heavy atom. The summed E-state index contributed by atoms with van der Waals surface area (Å²) in [6.07, 6.45) is 0. The molecule has 0 aliphatic rings. The maximum absolute atomic E-state index is 5.51. The number of benzene rings is 1. The number of aromatic nitrogens is 2. The Balaban J connectivity index is 1.76. The molecule has 0 radical (unpaired) electrons. The number of aryl methyl sites for hydroxylation is 1. The molecular formula is C12H11N3O2. The van der Waals surface area contributed by atoms with Gasteiger partial charge in [-0.25, -0.2) is 0 Å². The van der Waals surface area contributed by atoms with Gasteiger partial charge in [0.2, 0.25) is 0 Å². The summed E-state index contributed by atoms with van der Waals surface area (Å²) in [5, 5.41) is 6.86. The van der Waals surface area contributed by atoms with Crippen LogP contribution in [0.15, 0.2) is 39.3 Å². The SMILES string of the molecule is Cc1cc(CNc2nc3ccccc3o2)on1. The fourth-order valence-corrected chi connectivity index (χ4v) is 1.61. The van der Waals surface area contributed by atoms with Crippen molar-refractivity contribution in [2.75, 3.05) is 5.32 Å². The van der Waals surface area contributed by atoms with Crippen LogP contribution >= 0.6 is 0 Å². The van der Waals surface area contributed by atoms with Crippen LogP contribution in [0.3, 0.4) is 0 Å². The lowest BCUT2D eigenvalue weighted by molar-refractivity contribution is 0.383. The average molecular weight is 229 g/mol. The largest absolute Gasteiger partial charge is 0.424 e. The third-order valence-corrected chi connectivity index (χ3v) is 2.38. The number of hydrogen-bond donors (Lipinski definition) is 1. The van der Waals surface area contributed by atoms with Crippen molar-refractivity contribution in [3.05, 3.63) is 41.8 Å². The van der Waals surface area contributed by atoms with Gasteiger partial charge in [0.05, 0.1) is 12.2 Å². The molecule has 0 unspecified atom stereocenters. The van der Waals surface area contributed by atoms with Gasteiger partial charge in [-0.2, -0.15) is 4.98 Å². The molecule has 5 heteroatoms. The minimum Gasteiger partial charge on any atom is -0.424 e. The quantitative estimate of drug-likeness (QED) is 0.748. The van der Waals surface area contributed by atoms with Crippen molar-refractivity contribution in [1.29, 1.82) is 0 Å². The minimum absolute atomic E-state index is 0.486. The highest BCUT2D eigenvalue weighted by molar-refractivity contribution is 5.74. The normalized spacial score (nSPS) is 10.9. The Bertz CT molecular complexity index is 609. The summed E-state index contributed by atoms with van der Waals surface area (Å²) in [5.74, 6) is 0.754. The third-order valence-electron chi connectivity index (χ3n) is 2.38. The van der Waals surface area contributed by atoms with Crippen molar-refractivity contribution in [3.63, 3.8) is 0 Å². The van der Waals surface area contributed by atoms with E-state index >= 15 is 0 Å². The van der Waals surface area contributed by atoms with E-state index in [-0.39, 0.29) is 0 Å². The van der Waals surface area contributed by atoms with E-state index in [1.807, 2.05) is 37.3 Å². The molecule has 2 heterocycles. The van der Waals surface area contributed by atoms with Crippen molar-refractivity contribution < 1.29 is 8.94 Å². The molecule has 17 heavy (non-hydrogen) atoms. The number of anilines is 1. The molecule has 2 aromatic heterocycles. The molecule has 86 valence electrons. The highest BCUT2D eigenvalue weighted by Gasteiger charge is 2.06. The highest BCUT2D eigenvalue weighted by atomic mass is 16.5. The summed E-state index contributed by atoms with van der Waals surface area (Å²) >= 11 is 0. The van der Waals surface area contributed by atoms with Crippen molar-refractivity contribution in [1.82, 2.24) is 10.1 Å². The van der Waals surface area contributed by atoms with Crippen molar-refractivity contribution >= 4 is 17.1 Å². The maximum Gasteiger partial charge on any atom is 0.296 e. The van der Waals surface area contributed by atoms with E-state index in [1.54, 1.807) is 0 Å². The van der Waals surface area contributed by atoms with E-state index in [9.17, 15) is 0 Å². The summed E-state index contributed by atoms with van der Waals surface area (Å²) < 4.78 is 10.6. The van der Waals surface area contributed by atoms with Gasteiger partial charge in [0.25, 0.3) is 6.01 Å². The van der Waals surface area contributed by atoms with Gasteiger partial charge in [0.1, 0.15) is 5.52 Å². The van der Waals surface area contributed by atoms with E-state index in [0.717, 1.165) is 22.6 Å². The molecule has 5 nitrogen and oxygen atoms in total. The second-order valence-corrected chi connectivity index (χ2v) is 3.77. The first-order chi connectivity index (χ1) is 8.31. The molecule has 0 saturated carbocycles. The zero-order valence-electron chi connectivity index (χ0n) is 9.30. The number of nitrogens with one attached hydrogen (secondary N) is 1. The van der Waals surface area contributed by atoms with Crippen LogP contribution in [-0.4, -0.2) is 10.1 Å². The minimum atomic E-state index is 0.486. The lowest BCUT2D eigenvalue weighted by atomic mass is 10.3. The topological polar surface area (TPSA) is 64.1 Å². The van der Waals surface area contributed by atoms with Gasteiger partial charge in [-0.05, 0) is 19.1 Å².